The molecule has 0 saturated carbocycles. The van der Waals surface area contributed by atoms with Crippen LogP contribution < -0.4 is 5.73 Å². The highest BCUT2D eigenvalue weighted by molar-refractivity contribution is 7.89. The number of anilines is 1. The molecule has 0 spiro atoms. The van der Waals surface area contributed by atoms with E-state index >= 15 is 0 Å². The molecule has 0 unspecified atom stereocenters. The maximum atomic E-state index is 12.3. The van der Waals surface area contributed by atoms with Crippen molar-refractivity contribution >= 4 is 15.7 Å². The second-order valence-electron chi connectivity index (χ2n) is 3.98. The van der Waals surface area contributed by atoms with Crippen LogP contribution in [0, 0.1) is 13.8 Å². The number of nitrogens with zero attached hydrogens (tertiary/aromatic N) is 1. The largest absolute Gasteiger partial charge is 0.398 e. The van der Waals surface area contributed by atoms with Gasteiger partial charge in [-0.1, -0.05) is 6.07 Å². The molecule has 3 N–H and O–H groups in total. The van der Waals surface area contributed by atoms with E-state index in [1.165, 1.54) is 7.05 Å². The molecule has 0 radical (unpaired) electrons. The number of nitrogen functional groups attached to an aromatic ring is 1. The first-order valence-electron chi connectivity index (χ1n) is 5.25. The number of likely N-dealkylation sites (N-methyl/N-ethyl adjacent to an activating group) is 1. The first kappa shape index (κ1) is 14.0. The summed E-state index contributed by atoms with van der Waals surface area (Å²) in [5.41, 5.74) is 7.49. The van der Waals surface area contributed by atoms with Crippen LogP contribution in [0.3, 0.4) is 0 Å². The van der Waals surface area contributed by atoms with Gasteiger partial charge in [-0.15, -0.1) is 0 Å². The summed E-state index contributed by atoms with van der Waals surface area (Å²) in [4.78, 5) is 0.133. The van der Waals surface area contributed by atoms with E-state index in [9.17, 15) is 8.42 Å². The fourth-order valence-electron chi connectivity index (χ4n) is 1.57. The Kier molecular flexibility index (Phi) is 4.13. The minimum atomic E-state index is -3.64. The van der Waals surface area contributed by atoms with E-state index in [0.717, 1.165) is 9.87 Å². The Morgan fingerprint density at radius 2 is 1.94 bits per heavy atom. The van der Waals surface area contributed by atoms with Gasteiger partial charge in [0.05, 0.1) is 12.3 Å². The van der Waals surface area contributed by atoms with Crippen molar-refractivity contribution in [1.82, 2.24) is 4.31 Å². The Morgan fingerprint density at radius 1 is 1.35 bits per heavy atom. The van der Waals surface area contributed by atoms with Crippen molar-refractivity contribution in [3.8, 4) is 0 Å². The topological polar surface area (TPSA) is 83.6 Å². The lowest BCUT2D eigenvalue weighted by atomic mass is 10.1. The predicted molar refractivity (Wildman–Crippen MR) is 67.2 cm³/mol. The third kappa shape index (κ3) is 2.59. The minimum absolute atomic E-state index is 0.0507. The van der Waals surface area contributed by atoms with Gasteiger partial charge < -0.3 is 10.8 Å². The standard InChI is InChI=1S/C11H18N2O3S/c1-8-4-5-10(12)11(9(8)2)17(15,16)13(3)6-7-14/h4-5,14H,6-7,12H2,1-3H3. The number of rotatable bonds is 4. The van der Waals surface area contributed by atoms with Crippen molar-refractivity contribution in [2.75, 3.05) is 25.9 Å². The zero-order chi connectivity index (χ0) is 13.2. The number of aryl methyl sites for hydroxylation is 1. The average molecular weight is 258 g/mol. The first-order valence-corrected chi connectivity index (χ1v) is 6.69. The van der Waals surface area contributed by atoms with Crippen molar-refractivity contribution < 1.29 is 13.5 Å². The molecule has 0 fully saturated rings. The Labute approximate surface area is 102 Å². The van der Waals surface area contributed by atoms with Gasteiger partial charge in [0.15, 0.2) is 0 Å². The minimum Gasteiger partial charge on any atom is -0.398 e. The van der Waals surface area contributed by atoms with Crippen LogP contribution >= 0.6 is 0 Å². The SMILES string of the molecule is Cc1ccc(N)c(S(=O)(=O)N(C)CCO)c1C. The normalized spacial score (nSPS) is 12.1. The molecule has 96 valence electrons. The van der Waals surface area contributed by atoms with Crippen molar-refractivity contribution in [3.63, 3.8) is 0 Å². The zero-order valence-electron chi connectivity index (χ0n) is 10.3. The van der Waals surface area contributed by atoms with E-state index in [1.807, 2.05) is 6.92 Å². The third-order valence-electron chi connectivity index (χ3n) is 2.79. The van der Waals surface area contributed by atoms with E-state index in [2.05, 4.69) is 0 Å². The van der Waals surface area contributed by atoms with Crippen LogP contribution in [0.5, 0.6) is 0 Å². The van der Waals surface area contributed by atoms with Gasteiger partial charge in [-0.2, -0.15) is 4.31 Å². The van der Waals surface area contributed by atoms with Crippen LogP contribution in [0.2, 0.25) is 0 Å². The molecule has 0 saturated heterocycles. The monoisotopic (exact) mass is 258 g/mol. The summed E-state index contributed by atoms with van der Waals surface area (Å²) >= 11 is 0. The Balaban J connectivity index is 3.38. The molecule has 0 atom stereocenters. The van der Waals surface area contributed by atoms with Crippen molar-refractivity contribution in [2.24, 2.45) is 0 Å². The van der Waals surface area contributed by atoms with E-state index in [0.29, 0.717) is 5.56 Å². The number of hydrogen-bond acceptors (Lipinski definition) is 4. The molecular formula is C11H18N2O3S. The lowest BCUT2D eigenvalue weighted by molar-refractivity contribution is 0.266. The van der Waals surface area contributed by atoms with Crippen LogP contribution in [0.15, 0.2) is 17.0 Å². The highest BCUT2D eigenvalue weighted by Crippen LogP contribution is 2.27. The smallest absolute Gasteiger partial charge is 0.245 e. The highest BCUT2D eigenvalue weighted by Gasteiger charge is 2.25. The lowest BCUT2D eigenvalue weighted by Gasteiger charge is -2.19. The van der Waals surface area contributed by atoms with Gasteiger partial charge in [0.2, 0.25) is 10.0 Å². The maximum Gasteiger partial charge on any atom is 0.245 e. The van der Waals surface area contributed by atoms with Crippen LogP contribution in [-0.4, -0.2) is 38.0 Å². The quantitative estimate of drug-likeness (QED) is 0.770. The summed E-state index contributed by atoms with van der Waals surface area (Å²) in [5.74, 6) is 0. The summed E-state index contributed by atoms with van der Waals surface area (Å²) in [7, 11) is -2.21. The molecule has 0 bridgehead atoms. The number of hydrogen-bond donors (Lipinski definition) is 2. The summed E-state index contributed by atoms with van der Waals surface area (Å²) in [6.07, 6.45) is 0. The molecule has 0 aliphatic rings. The van der Waals surface area contributed by atoms with Crippen LogP contribution in [-0.2, 0) is 10.0 Å². The summed E-state index contributed by atoms with van der Waals surface area (Å²) < 4.78 is 25.6. The Bertz CT molecular complexity index is 512. The van der Waals surface area contributed by atoms with Crippen LogP contribution in [0.1, 0.15) is 11.1 Å². The maximum absolute atomic E-state index is 12.3. The molecule has 0 aromatic heterocycles. The first-order chi connectivity index (χ1) is 7.82. The van der Waals surface area contributed by atoms with Gasteiger partial charge in [-0.25, -0.2) is 8.42 Å². The molecule has 17 heavy (non-hydrogen) atoms. The Hall–Kier alpha value is -1.11. The molecule has 1 rings (SSSR count). The molecule has 0 amide bonds. The molecular weight excluding hydrogens is 240 g/mol. The van der Waals surface area contributed by atoms with E-state index in [1.54, 1.807) is 19.1 Å². The third-order valence-corrected chi connectivity index (χ3v) is 4.85. The Morgan fingerprint density at radius 3 is 2.47 bits per heavy atom. The number of sulfonamides is 1. The van der Waals surface area contributed by atoms with Gasteiger partial charge in [-0.3, -0.25) is 0 Å². The average Bonchev–Trinajstić information content (AvgIpc) is 2.24. The second-order valence-corrected chi connectivity index (χ2v) is 5.96. The molecule has 0 heterocycles. The van der Waals surface area contributed by atoms with Gasteiger partial charge in [0.1, 0.15) is 4.90 Å². The predicted octanol–water partition coefficient (Wildman–Crippen LogP) is 0.498. The molecule has 6 heteroatoms. The van der Waals surface area contributed by atoms with Gasteiger partial charge in [0, 0.05) is 13.6 Å². The van der Waals surface area contributed by atoms with Crippen molar-refractivity contribution in [1.29, 1.82) is 0 Å². The fourth-order valence-corrected chi connectivity index (χ4v) is 3.12. The fraction of sp³-hybridized carbons (Fsp3) is 0.455. The van der Waals surface area contributed by atoms with Crippen molar-refractivity contribution in [3.05, 3.63) is 23.3 Å². The molecule has 0 aliphatic heterocycles. The summed E-state index contributed by atoms with van der Waals surface area (Å²) in [6, 6.07) is 3.37. The van der Waals surface area contributed by atoms with E-state index < -0.39 is 10.0 Å². The van der Waals surface area contributed by atoms with Gasteiger partial charge >= 0.3 is 0 Å². The second kappa shape index (κ2) is 5.03. The van der Waals surface area contributed by atoms with Gasteiger partial charge in [-0.05, 0) is 31.0 Å². The molecule has 1 aromatic rings. The van der Waals surface area contributed by atoms with Crippen molar-refractivity contribution in [2.45, 2.75) is 18.7 Å². The van der Waals surface area contributed by atoms with Crippen LogP contribution in [0.4, 0.5) is 5.69 Å². The number of nitrogens with two attached hydrogens (primary N) is 1. The lowest BCUT2D eigenvalue weighted by Crippen LogP contribution is -2.30. The van der Waals surface area contributed by atoms with Crippen LogP contribution in [0.25, 0.3) is 0 Å². The molecule has 5 nitrogen and oxygen atoms in total. The summed E-state index contributed by atoms with van der Waals surface area (Å²) in [5, 5.41) is 8.80. The van der Waals surface area contributed by atoms with E-state index in [4.69, 9.17) is 10.8 Å². The number of benzene rings is 1. The zero-order valence-corrected chi connectivity index (χ0v) is 11.1. The highest BCUT2D eigenvalue weighted by atomic mass is 32.2. The number of aliphatic hydroxyl groups excluding tert-OH is 1. The van der Waals surface area contributed by atoms with E-state index in [-0.39, 0.29) is 23.7 Å². The number of aliphatic hydroxyl groups is 1. The molecule has 0 aliphatic carbocycles. The summed E-state index contributed by atoms with van der Waals surface area (Å²) in [6.45, 7) is 3.39. The molecule has 1 aromatic carbocycles. The van der Waals surface area contributed by atoms with Gasteiger partial charge in [0.25, 0.3) is 0 Å².